The van der Waals surface area contributed by atoms with Crippen LogP contribution in [0.1, 0.15) is 46.0 Å². The molecule has 0 saturated heterocycles. The molecule has 0 aliphatic heterocycles. The molecule has 3 nitrogen and oxygen atoms in total. The predicted octanol–water partition coefficient (Wildman–Crippen LogP) is 2.97. The Bertz CT molecular complexity index is 251. The summed E-state index contributed by atoms with van der Waals surface area (Å²) in [7, 11) is 0. The largest absolute Gasteiger partial charge is 0.462 e. The number of hydrogen-bond acceptors (Lipinski definition) is 3. The fourth-order valence-corrected chi connectivity index (χ4v) is 1.01. The number of rotatable bonds is 7. The van der Waals surface area contributed by atoms with Gasteiger partial charge in [-0.1, -0.05) is 39.2 Å². The Balaban J connectivity index is 4.00. The third-order valence-electron chi connectivity index (χ3n) is 1.98. The summed E-state index contributed by atoms with van der Waals surface area (Å²) in [4.78, 5) is 11.3. The van der Waals surface area contributed by atoms with Crippen LogP contribution in [0.5, 0.6) is 0 Å². The number of nitrogens with zero attached hydrogens (tertiary/aromatic N) is 1. The van der Waals surface area contributed by atoms with E-state index in [0.717, 1.165) is 32.1 Å². The van der Waals surface area contributed by atoms with Crippen molar-refractivity contribution in [3.8, 4) is 6.07 Å². The van der Waals surface area contributed by atoms with Gasteiger partial charge in [0.1, 0.15) is 11.6 Å². The zero-order valence-electron chi connectivity index (χ0n) is 9.58. The van der Waals surface area contributed by atoms with Gasteiger partial charge in [0.2, 0.25) is 0 Å². The van der Waals surface area contributed by atoms with Crippen LogP contribution in [0.25, 0.3) is 0 Å². The van der Waals surface area contributed by atoms with Crippen molar-refractivity contribution in [3.63, 3.8) is 0 Å². The van der Waals surface area contributed by atoms with E-state index in [0.29, 0.717) is 6.61 Å². The van der Waals surface area contributed by atoms with Crippen LogP contribution >= 0.6 is 0 Å². The summed E-state index contributed by atoms with van der Waals surface area (Å²) < 4.78 is 4.94. The van der Waals surface area contributed by atoms with E-state index in [4.69, 9.17) is 10.00 Å². The van der Waals surface area contributed by atoms with E-state index in [2.05, 4.69) is 6.92 Å². The first-order chi connectivity index (χ1) is 7.26. The van der Waals surface area contributed by atoms with Crippen LogP contribution in [-0.4, -0.2) is 12.6 Å². The lowest BCUT2D eigenvalue weighted by Gasteiger charge is -2.01. The molecule has 0 spiro atoms. The minimum atomic E-state index is -0.484. The van der Waals surface area contributed by atoms with Gasteiger partial charge in [-0.05, 0) is 12.8 Å². The molecule has 84 valence electrons. The molecule has 0 aliphatic carbocycles. The van der Waals surface area contributed by atoms with Gasteiger partial charge in [0, 0.05) is 0 Å². The van der Waals surface area contributed by atoms with Gasteiger partial charge in [0.05, 0.1) is 6.61 Å². The maximum absolute atomic E-state index is 11.3. The van der Waals surface area contributed by atoms with Crippen molar-refractivity contribution < 1.29 is 9.53 Å². The molecule has 15 heavy (non-hydrogen) atoms. The standard InChI is InChI=1S/C12H19NO2/c1-3-5-7-8-11(10-13)12(14)15-9-6-4-2/h8H,3-7,9H2,1-2H3. The minimum absolute atomic E-state index is 0.138. The van der Waals surface area contributed by atoms with Crippen LogP contribution in [0.3, 0.4) is 0 Å². The van der Waals surface area contributed by atoms with E-state index < -0.39 is 5.97 Å². The van der Waals surface area contributed by atoms with Crippen molar-refractivity contribution in [2.45, 2.75) is 46.0 Å². The van der Waals surface area contributed by atoms with Crippen molar-refractivity contribution in [1.82, 2.24) is 0 Å². The maximum Gasteiger partial charge on any atom is 0.348 e. The number of carbonyl (C=O) groups is 1. The molecule has 0 bridgehead atoms. The van der Waals surface area contributed by atoms with E-state index in [1.807, 2.05) is 13.0 Å². The Labute approximate surface area is 91.7 Å². The average Bonchev–Trinajstić information content (AvgIpc) is 2.24. The number of unbranched alkanes of at least 4 members (excludes halogenated alkanes) is 3. The zero-order chi connectivity index (χ0) is 11.5. The molecule has 0 rings (SSSR count). The highest BCUT2D eigenvalue weighted by molar-refractivity contribution is 5.92. The average molecular weight is 209 g/mol. The van der Waals surface area contributed by atoms with E-state index in [9.17, 15) is 4.79 Å². The number of nitriles is 1. The van der Waals surface area contributed by atoms with Crippen molar-refractivity contribution in [3.05, 3.63) is 11.6 Å². The molecule has 0 saturated carbocycles. The molecule has 0 fully saturated rings. The lowest BCUT2D eigenvalue weighted by molar-refractivity contribution is -0.138. The Morgan fingerprint density at radius 3 is 2.53 bits per heavy atom. The first-order valence-electron chi connectivity index (χ1n) is 5.53. The minimum Gasteiger partial charge on any atom is -0.462 e. The maximum atomic E-state index is 11.3. The molecule has 0 aromatic heterocycles. The quantitative estimate of drug-likeness (QED) is 0.280. The van der Waals surface area contributed by atoms with E-state index in [1.165, 1.54) is 0 Å². The molecule has 0 aliphatic rings. The number of allylic oxidation sites excluding steroid dienone is 1. The van der Waals surface area contributed by atoms with Crippen molar-refractivity contribution >= 4 is 5.97 Å². The third kappa shape index (κ3) is 6.73. The first kappa shape index (κ1) is 13.7. The van der Waals surface area contributed by atoms with Crippen LogP contribution in [-0.2, 0) is 9.53 Å². The normalized spacial score (nSPS) is 10.9. The Kier molecular flexibility index (Phi) is 8.46. The van der Waals surface area contributed by atoms with Gasteiger partial charge < -0.3 is 4.74 Å². The summed E-state index contributed by atoms with van der Waals surface area (Å²) in [6.45, 7) is 4.50. The number of esters is 1. The van der Waals surface area contributed by atoms with E-state index in [1.54, 1.807) is 6.08 Å². The van der Waals surface area contributed by atoms with Gasteiger partial charge in [0.25, 0.3) is 0 Å². The Hall–Kier alpha value is -1.30. The van der Waals surface area contributed by atoms with Crippen molar-refractivity contribution in [2.24, 2.45) is 0 Å². The van der Waals surface area contributed by atoms with Gasteiger partial charge in [-0.2, -0.15) is 5.26 Å². The summed E-state index contributed by atoms with van der Waals surface area (Å²) in [5.41, 5.74) is 0.138. The molecule has 0 amide bonds. The van der Waals surface area contributed by atoms with Crippen LogP contribution in [0.2, 0.25) is 0 Å². The summed E-state index contributed by atoms with van der Waals surface area (Å²) >= 11 is 0. The summed E-state index contributed by atoms with van der Waals surface area (Å²) in [5, 5.41) is 8.73. The highest BCUT2D eigenvalue weighted by atomic mass is 16.5. The lowest BCUT2D eigenvalue weighted by Crippen LogP contribution is -2.07. The van der Waals surface area contributed by atoms with Crippen LogP contribution in [0.15, 0.2) is 11.6 Å². The summed E-state index contributed by atoms with van der Waals surface area (Å²) in [5.74, 6) is -0.484. The van der Waals surface area contributed by atoms with Gasteiger partial charge in [-0.25, -0.2) is 4.79 Å². The molecule has 0 unspecified atom stereocenters. The molecular formula is C12H19NO2. The molecule has 0 radical (unpaired) electrons. The smallest absolute Gasteiger partial charge is 0.348 e. The van der Waals surface area contributed by atoms with Gasteiger partial charge in [-0.3, -0.25) is 0 Å². The molecule has 0 heterocycles. The number of ether oxygens (including phenoxy) is 1. The molecule has 0 aromatic carbocycles. The van der Waals surface area contributed by atoms with Crippen LogP contribution in [0, 0.1) is 11.3 Å². The van der Waals surface area contributed by atoms with E-state index >= 15 is 0 Å². The molecule has 0 aromatic rings. The lowest BCUT2D eigenvalue weighted by atomic mass is 10.2. The zero-order valence-corrected chi connectivity index (χ0v) is 9.58. The first-order valence-corrected chi connectivity index (χ1v) is 5.53. The number of hydrogen-bond donors (Lipinski definition) is 0. The second-order valence-electron chi connectivity index (χ2n) is 3.36. The van der Waals surface area contributed by atoms with Gasteiger partial charge in [-0.15, -0.1) is 0 Å². The second-order valence-corrected chi connectivity index (χ2v) is 3.36. The molecule has 0 atom stereocenters. The van der Waals surface area contributed by atoms with Crippen molar-refractivity contribution in [2.75, 3.05) is 6.61 Å². The number of carbonyl (C=O) groups excluding carboxylic acids is 1. The second kappa shape index (κ2) is 9.26. The fraction of sp³-hybridized carbons (Fsp3) is 0.667. The monoisotopic (exact) mass is 209 g/mol. The highest BCUT2D eigenvalue weighted by Crippen LogP contribution is 2.03. The van der Waals surface area contributed by atoms with Gasteiger partial charge in [0.15, 0.2) is 0 Å². The predicted molar refractivity (Wildman–Crippen MR) is 59.1 cm³/mol. The molecular weight excluding hydrogens is 190 g/mol. The van der Waals surface area contributed by atoms with Crippen LogP contribution in [0.4, 0.5) is 0 Å². The highest BCUT2D eigenvalue weighted by Gasteiger charge is 2.08. The molecule has 3 heteroatoms. The third-order valence-corrected chi connectivity index (χ3v) is 1.98. The van der Waals surface area contributed by atoms with Gasteiger partial charge >= 0.3 is 5.97 Å². The summed E-state index contributed by atoms with van der Waals surface area (Å²) in [6, 6.07) is 1.87. The van der Waals surface area contributed by atoms with E-state index in [-0.39, 0.29) is 5.57 Å². The van der Waals surface area contributed by atoms with Crippen molar-refractivity contribution in [1.29, 1.82) is 5.26 Å². The van der Waals surface area contributed by atoms with Crippen LogP contribution < -0.4 is 0 Å². The molecule has 0 N–H and O–H groups in total. The SMILES string of the molecule is CCCCC=C(C#N)C(=O)OCCCC. The Morgan fingerprint density at radius 2 is 2.00 bits per heavy atom. The fourth-order valence-electron chi connectivity index (χ4n) is 1.01. The topological polar surface area (TPSA) is 50.1 Å². The summed E-state index contributed by atoms with van der Waals surface area (Å²) in [6.07, 6.45) is 6.31. The Morgan fingerprint density at radius 1 is 1.33 bits per heavy atom.